The molecule has 3 aromatic rings. The predicted molar refractivity (Wildman–Crippen MR) is 112 cm³/mol. The summed E-state index contributed by atoms with van der Waals surface area (Å²) in [5.74, 6) is -1.26. The van der Waals surface area contributed by atoms with Crippen LogP contribution in [0.5, 0.6) is 0 Å². The molecule has 0 bridgehead atoms. The van der Waals surface area contributed by atoms with Gasteiger partial charge in [-0.25, -0.2) is 0 Å². The number of nitrogens with zero attached hydrogens (tertiary/aromatic N) is 1. The van der Waals surface area contributed by atoms with Crippen molar-refractivity contribution in [3.05, 3.63) is 71.6 Å². The molecule has 0 fully saturated rings. The first-order valence-corrected chi connectivity index (χ1v) is 9.51. The van der Waals surface area contributed by atoms with E-state index in [0.717, 1.165) is 15.3 Å². The molecule has 0 aliphatic carbocycles. The van der Waals surface area contributed by atoms with Gasteiger partial charge in [0.2, 0.25) is 5.72 Å². The average Bonchev–Trinajstić information content (AvgIpc) is 3.24. The van der Waals surface area contributed by atoms with E-state index in [1.54, 1.807) is 42.5 Å². The molecular weight excluding hydrogens is 374 g/mol. The molecule has 1 unspecified atom stereocenters. The lowest BCUT2D eigenvalue weighted by molar-refractivity contribution is -0.136. The molecule has 0 saturated carbocycles. The van der Waals surface area contributed by atoms with Crippen molar-refractivity contribution in [2.45, 2.75) is 12.6 Å². The van der Waals surface area contributed by atoms with Crippen molar-refractivity contribution in [1.29, 1.82) is 0 Å². The van der Waals surface area contributed by atoms with Gasteiger partial charge in [0.25, 0.3) is 11.8 Å². The van der Waals surface area contributed by atoms with Crippen LogP contribution < -0.4 is 16.0 Å². The summed E-state index contributed by atoms with van der Waals surface area (Å²) in [6.07, 6.45) is 0. The maximum Gasteiger partial charge on any atom is 0.273 e. The van der Waals surface area contributed by atoms with Crippen molar-refractivity contribution in [3.8, 4) is 10.4 Å². The zero-order valence-corrected chi connectivity index (χ0v) is 16.4. The zero-order chi connectivity index (χ0) is 20.3. The van der Waals surface area contributed by atoms with Gasteiger partial charge in [-0.2, -0.15) is 0 Å². The summed E-state index contributed by atoms with van der Waals surface area (Å²) in [4.78, 5) is 27.7. The monoisotopic (exact) mass is 395 g/mol. The van der Waals surface area contributed by atoms with E-state index in [-0.39, 0.29) is 11.4 Å². The van der Waals surface area contributed by atoms with E-state index in [1.807, 2.05) is 23.6 Å². The Hall–Kier alpha value is -3.16. The van der Waals surface area contributed by atoms with Gasteiger partial charge in [-0.3, -0.25) is 14.5 Å². The third-order valence-corrected chi connectivity index (χ3v) is 5.31. The second-order valence-electron chi connectivity index (χ2n) is 6.36. The van der Waals surface area contributed by atoms with Gasteiger partial charge < -0.3 is 16.2 Å². The number of amides is 2. The number of carbonyl (C=O) groups excluding carboxylic acids is 2. The minimum absolute atomic E-state index is 0.258. The minimum atomic E-state index is -2.15. The van der Waals surface area contributed by atoms with Crippen LogP contribution in [0.25, 0.3) is 10.4 Å². The number of nitrogens with one attached hydrogen (secondary N) is 1. The molecule has 0 aliphatic rings. The summed E-state index contributed by atoms with van der Waals surface area (Å²) in [5.41, 5.74) is 5.70. The van der Waals surface area contributed by atoms with E-state index in [9.17, 15) is 14.7 Å². The normalized spacial score (nSPS) is 12.8. The first-order chi connectivity index (χ1) is 13.4. The van der Waals surface area contributed by atoms with Crippen LogP contribution in [0, 0.1) is 0 Å². The van der Waals surface area contributed by atoms with Crippen LogP contribution in [-0.2, 0) is 4.79 Å². The van der Waals surface area contributed by atoms with Gasteiger partial charge in [-0.05, 0) is 48.2 Å². The van der Waals surface area contributed by atoms with Crippen molar-refractivity contribution in [2.24, 2.45) is 0 Å². The summed E-state index contributed by atoms with van der Waals surface area (Å²) >= 11 is 1.54. The molecule has 2 aromatic carbocycles. The van der Waals surface area contributed by atoms with Gasteiger partial charge in [-0.1, -0.05) is 30.3 Å². The van der Waals surface area contributed by atoms with Gasteiger partial charge in [0.15, 0.2) is 0 Å². The number of thiophene rings is 1. The highest BCUT2D eigenvalue weighted by Crippen LogP contribution is 2.35. The molecule has 144 valence electrons. The fourth-order valence-corrected chi connectivity index (χ4v) is 3.65. The van der Waals surface area contributed by atoms with Gasteiger partial charge in [-0.15, -0.1) is 11.3 Å². The van der Waals surface area contributed by atoms with Gasteiger partial charge in [0, 0.05) is 17.5 Å². The highest BCUT2D eigenvalue weighted by atomic mass is 32.1. The molecular formula is C21H21N3O3S. The van der Waals surface area contributed by atoms with E-state index in [1.165, 1.54) is 25.3 Å². The smallest absolute Gasteiger partial charge is 0.273 e. The van der Waals surface area contributed by atoms with Crippen LogP contribution in [0.4, 0.5) is 11.4 Å². The summed E-state index contributed by atoms with van der Waals surface area (Å²) < 4.78 is 0. The Morgan fingerprint density at radius 1 is 1.11 bits per heavy atom. The number of aliphatic hydroxyl groups is 1. The molecule has 28 heavy (non-hydrogen) atoms. The molecule has 1 heterocycles. The number of hydrogen-bond acceptors (Lipinski definition) is 5. The maximum absolute atomic E-state index is 13.3. The first kappa shape index (κ1) is 19.6. The number of nitrogen functional groups attached to an aromatic ring is 1. The van der Waals surface area contributed by atoms with Crippen LogP contribution in [0.1, 0.15) is 17.3 Å². The Balaban J connectivity index is 2.18. The number of carbonyl (C=O) groups is 2. The molecule has 1 aromatic heterocycles. The largest absolute Gasteiger partial charge is 0.397 e. The second-order valence-corrected chi connectivity index (χ2v) is 7.31. The maximum atomic E-state index is 13.3. The Morgan fingerprint density at radius 3 is 2.43 bits per heavy atom. The molecule has 0 radical (unpaired) electrons. The van der Waals surface area contributed by atoms with E-state index in [2.05, 4.69) is 5.32 Å². The standard InChI is InChI=1S/C21H21N3O3S/c1-21(27,20(26)23-2)24(19(25)14-7-4-3-5-8-14)17-13-15(10-11-16(17)22)18-9-6-12-28-18/h3-13,27H,22H2,1-2H3,(H,23,26). The van der Waals surface area contributed by atoms with E-state index < -0.39 is 17.5 Å². The van der Waals surface area contributed by atoms with Crippen LogP contribution >= 0.6 is 11.3 Å². The van der Waals surface area contributed by atoms with Gasteiger partial charge in [0.05, 0.1) is 11.4 Å². The Kier molecular flexibility index (Phi) is 5.48. The number of anilines is 2. The lowest BCUT2D eigenvalue weighted by Gasteiger charge is -2.36. The molecule has 3 rings (SSSR count). The number of rotatable bonds is 5. The molecule has 0 saturated heterocycles. The summed E-state index contributed by atoms with van der Waals surface area (Å²) in [6, 6.07) is 17.5. The van der Waals surface area contributed by atoms with Crippen LogP contribution in [0.3, 0.4) is 0 Å². The van der Waals surface area contributed by atoms with Crippen molar-refractivity contribution >= 4 is 34.5 Å². The van der Waals surface area contributed by atoms with Crippen molar-refractivity contribution in [2.75, 3.05) is 17.7 Å². The summed E-state index contributed by atoms with van der Waals surface area (Å²) in [6.45, 7) is 1.27. The zero-order valence-electron chi connectivity index (χ0n) is 15.5. The lowest BCUT2D eigenvalue weighted by Crippen LogP contribution is -2.59. The fourth-order valence-electron chi connectivity index (χ4n) is 2.92. The lowest BCUT2D eigenvalue weighted by atomic mass is 10.0. The van der Waals surface area contributed by atoms with Crippen molar-refractivity contribution in [3.63, 3.8) is 0 Å². The molecule has 0 spiro atoms. The fraction of sp³-hybridized carbons (Fsp3) is 0.143. The summed E-state index contributed by atoms with van der Waals surface area (Å²) in [5, 5.41) is 15.4. The highest BCUT2D eigenvalue weighted by molar-refractivity contribution is 7.13. The number of likely N-dealkylation sites (N-methyl/N-ethyl adjacent to an activating group) is 1. The van der Waals surface area contributed by atoms with Gasteiger partial charge >= 0.3 is 0 Å². The van der Waals surface area contributed by atoms with E-state index in [0.29, 0.717) is 5.56 Å². The molecule has 0 aliphatic heterocycles. The predicted octanol–water partition coefficient (Wildman–Crippen LogP) is 3.10. The quantitative estimate of drug-likeness (QED) is 0.457. The third kappa shape index (κ3) is 3.62. The SMILES string of the molecule is CNC(=O)C(C)(O)N(C(=O)c1ccccc1)c1cc(-c2cccs2)ccc1N. The van der Waals surface area contributed by atoms with Gasteiger partial charge in [0.1, 0.15) is 0 Å². The molecule has 1 atom stereocenters. The molecule has 2 amide bonds. The average molecular weight is 395 g/mol. The van der Waals surface area contributed by atoms with Crippen molar-refractivity contribution < 1.29 is 14.7 Å². The number of nitrogens with two attached hydrogens (primary N) is 1. The highest BCUT2D eigenvalue weighted by Gasteiger charge is 2.42. The van der Waals surface area contributed by atoms with E-state index in [4.69, 9.17) is 5.73 Å². The number of hydrogen-bond donors (Lipinski definition) is 3. The van der Waals surface area contributed by atoms with Crippen LogP contribution in [0.2, 0.25) is 0 Å². The molecule has 6 nitrogen and oxygen atoms in total. The topological polar surface area (TPSA) is 95.7 Å². The number of benzene rings is 2. The molecule has 7 heteroatoms. The minimum Gasteiger partial charge on any atom is -0.397 e. The molecule has 4 N–H and O–H groups in total. The van der Waals surface area contributed by atoms with Crippen LogP contribution in [0.15, 0.2) is 66.0 Å². The second kappa shape index (κ2) is 7.84. The van der Waals surface area contributed by atoms with E-state index >= 15 is 0 Å². The Bertz CT molecular complexity index is 985. The summed E-state index contributed by atoms with van der Waals surface area (Å²) in [7, 11) is 1.40. The third-order valence-electron chi connectivity index (χ3n) is 4.39. The Labute approximate surface area is 167 Å². The first-order valence-electron chi connectivity index (χ1n) is 8.64. The van der Waals surface area contributed by atoms with Crippen LogP contribution in [-0.4, -0.2) is 29.7 Å². The van der Waals surface area contributed by atoms with Crippen molar-refractivity contribution in [1.82, 2.24) is 5.32 Å². The Morgan fingerprint density at radius 2 is 1.82 bits per heavy atom.